The normalized spacial score (nSPS) is 10.9. The van der Waals surface area contributed by atoms with Crippen molar-refractivity contribution in [2.75, 3.05) is 6.61 Å². The van der Waals surface area contributed by atoms with Crippen molar-refractivity contribution in [3.8, 4) is 39.1 Å². The number of aryl methyl sites for hydroxylation is 1. The van der Waals surface area contributed by atoms with Gasteiger partial charge in [-0.1, -0.05) is 99.5 Å². The van der Waals surface area contributed by atoms with Gasteiger partial charge in [-0.15, -0.1) is 0 Å². The van der Waals surface area contributed by atoms with Crippen molar-refractivity contribution >= 4 is 0 Å². The van der Waals surface area contributed by atoms with Gasteiger partial charge in [0, 0.05) is 5.56 Å². The highest BCUT2D eigenvalue weighted by molar-refractivity contribution is 5.73. The van der Waals surface area contributed by atoms with Crippen molar-refractivity contribution in [2.24, 2.45) is 0 Å². The first-order valence-electron chi connectivity index (χ1n) is 12.0. The standard InChI is InChI=1S/C31H30F2O/c1-3-5-21-34-29-20-19-28(30(32)31(29)33)27-17-15-26(16-18-27)25-13-11-24(12-14-25)23-9-7-22(6-4-2)8-10-23/h7-20H,3-6,21H2,1-2H3. The van der Waals surface area contributed by atoms with Crippen LogP contribution in [0.15, 0.2) is 84.9 Å². The van der Waals surface area contributed by atoms with E-state index in [1.807, 2.05) is 31.2 Å². The van der Waals surface area contributed by atoms with Crippen molar-refractivity contribution in [3.05, 3.63) is 102 Å². The van der Waals surface area contributed by atoms with Crippen molar-refractivity contribution in [1.29, 1.82) is 0 Å². The number of ether oxygens (including phenoxy) is 1. The molecule has 0 saturated heterocycles. The van der Waals surface area contributed by atoms with Gasteiger partial charge in [-0.25, -0.2) is 4.39 Å². The molecule has 0 N–H and O–H groups in total. The quantitative estimate of drug-likeness (QED) is 0.228. The van der Waals surface area contributed by atoms with Gasteiger partial charge in [0.15, 0.2) is 11.6 Å². The predicted molar refractivity (Wildman–Crippen MR) is 137 cm³/mol. The Morgan fingerprint density at radius 2 is 1.06 bits per heavy atom. The van der Waals surface area contributed by atoms with Crippen LogP contribution in [-0.2, 0) is 6.42 Å². The first kappa shape index (κ1) is 23.7. The van der Waals surface area contributed by atoms with E-state index in [2.05, 4.69) is 55.5 Å². The topological polar surface area (TPSA) is 9.23 Å². The first-order chi connectivity index (χ1) is 16.6. The van der Waals surface area contributed by atoms with E-state index in [4.69, 9.17) is 4.74 Å². The summed E-state index contributed by atoms with van der Waals surface area (Å²) in [6.45, 7) is 4.59. The minimum Gasteiger partial charge on any atom is -0.490 e. The van der Waals surface area contributed by atoms with Crippen LogP contribution in [-0.4, -0.2) is 6.61 Å². The Bertz CT molecular complexity index is 1210. The van der Waals surface area contributed by atoms with Crippen LogP contribution in [0.3, 0.4) is 0 Å². The predicted octanol–water partition coefficient (Wildman–Crippen LogP) is 9.10. The Morgan fingerprint density at radius 1 is 0.559 bits per heavy atom. The van der Waals surface area contributed by atoms with E-state index >= 15 is 0 Å². The van der Waals surface area contributed by atoms with Crippen LogP contribution in [0.1, 0.15) is 38.7 Å². The lowest BCUT2D eigenvalue weighted by Crippen LogP contribution is -2.01. The lowest BCUT2D eigenvalue weighted by molar-refractivity contribution is 0.289. The van der Waals surface area contributed by atoms with Crippen LogP contribution in [0.5, 0.6) is 5.75 Å². The van der Waals surface area contributed by atoms with Gasteiger partial charge in [0.05, 0.1) is 6.61 Å². The van der Waals surface area contributed by atoms with Crippen molar-refractivity contribution in [1.82, 2.24) is 0 Å². The summed E-state index contributed by atoms with van der Waals surface area (Å²) in [5.41, 5.74) is 6.68. The SMILES string of the molecule is CCCCOc1ccc(-c2ccc(-c3ccc(-c4ccc(CCC)cc4)cc3)cc2)c(F)c1F. The fourth-order valence-corrected chi connectivity index (χ4v) is 4.04. The van der Waals surface area contributed by atoms with Crippen molar-refractivity contribution in [3.63, 3.8) is 0 Å². The second kappa shape index (κ2) is 11.1. The number of hydrogen-bond donors (Lipinski definition) is 0. The smallest absolute Gasteiger partial charge is 0.201 e. The zero-order valence-electron chi connectivity index (χ0n) is 19.8. The fourth-order valence-electron chi connectivity index (χ4n) is 4.04. The van der Waals surface area contributed by atoms with Gasteiger partial charge in [0.2, 0.25) is 5.82 Å². The third-order valence-electron chi connectivity index (χ3n) is 6.04. The van der Waals surface area contributed by atoms with Crippen LogP contribution < -0.4 is 4.74 Å². The van der Waals surface area contributed by atoms with Crippen LogP contribution >= 0.6 is 0 Å². The molecule has 0 aliphatic carbocycles. The molecular weight excluding hydrogens is 426 g/mol. The molecule has 4 rings (SSSR count). The fraction of sp³-hybridized carbons (Fsp3) is 0.226. The summed E-state index contributed by atoms with van der Waals surface area (Å²) in [6, 6.07) is 27.7. The maximum Gasteiger partial charge on any atom is 0.201 e. The van der Waals surface area contributed by atoms with Gasteiger partial charge in [0.1, 0.15) is 0 Å². The molecule has 34 heavy (non-hydrogen) atoms. The van der Waals surface area contributed by atoms with E-state index in [9.17, 15) is 8.78 Å². The minimum atomic E-state index is -0.934. The summed E-state index contributed by atoms with van der Waals surface area (Å²) in [4.78, 5) is 0. The van der Waals surface area contributed by atoms with Crippen LogP contribution in [0.25, 0.3) is 33.4 Å². The molecule has 0 aliphatic rings. The van der Waals surface area contributed by atoms with E-state index < -0.39 is 11.6 Å². The molecule has 4 aromatic rings. The molecule has 1 nitrogen and oxygen atoms in total. The maximum atomic E-state index is 14.7. The lowest BCUT2D eigenvalue weighted by atomic mass is 9.97. The van der Waals surface area contributed by atoms with Crippen LogP contribution in [0.2, 0.25) is 0 Å². The summed E-state index contributed by atoms with van der Waals surface area (Å²) in [6.07, 6.45) is 3.98. The van der Waals surface area contributed by atoms with E-state index in [-0.39, 0.29) is 11.3 Å². The lowest BCUT2D eigenvalue weighted by Gasteiger charge is -2.11. The zero-order chi connectivity index (χ0) is 23.9. The Morgan fingerprint density at radius 3 is 1.56 bits per heavy atom. The highest BCUT2D eigenvalue weighted by atomic mass is 19.2. The third kappa shape index (κ3) is 5.36. The number of hydrogen-bond acceptors (Lipinski definition) is 1. The molecule has 0 atom stereocenters. The van der Waals surface area contributed by atoms with Gasteiger partial charge < -0.3 is 4.74 Å². The molecule has 4 aromatic carbocycles. The molecule has 3 heteroatoms. The van der Waals surface area contributed by atoms with Gasteiger partial charge in [-0.05, 0) is 58.4 Å². The average Bonchev–Trinajstić information content (AvgIpc) is 2.88. The minimum absolute atomic E-state index is 0.0357. The van der Waals surface area contributed by atoms with Crippen molar-refractivity contribution in [2.45, 2.75) is 39.5 Å². The number of rotatable bonds is 9. The molecule has 174 valence electrons. The molecule has 0 spiro atoms. The summed E-state index contributed by atoms with van der Waals surface area (Å²) in [5, 5.41) is 0. The summed E-state index contributed by atoms with van der Waals surface area (Å²) in [5.74, 6) is -1.85. The Kier molecular flexibility index (Phi) is 7.74. The van der Waals surface area contributed by atoms with Crippen molar-refractivity contribution < 1.29 is 13.5 Å². The monoisotopic (exact) mass is 456 g/mol. The molecule has 0 fully saturated rings. The molecule has 0 saturated carbocycles. The van der Waals surface area contributed by atoms with E-state index in [1.54, 1.807) is 6.07 Å². The van der Waals surface area contributed by atoms with Gasteiger partial charge in [-0.3, -0.25) is 0 Å². The number of benzene rings is 4. The molecule has 0 radical (unpaired) electrons. The Hall–Kier alpha value is -3.46. The first-order valence-corrected chi connectivity index (χ1v) is 12.0. The Labute approximate surface area is 201 Å². The number of unbranched alkanes of at least 4 members (excludes halogenated alkanes) is 1. The molecule has 0 amide bonds. The largest absolute Gasteiger partial charge is 0.490 e. The summed E-state index contributed by atoms with van der Waals surface area (Å²) < 4.78 is 34.5. The van der Waals surface area contributed by atoms with Crippen LogP contribution in [0.4, 0.5) is 8.78 Å². The Balaban J connectivity index is 1.50. The van der Waals surface area contributed by atoms with Gasteiger partial charge >= 0.3 is 0 Å². The highest BCUT2D eigenvalue weighted by Crippen LogP contribution is 2.32. The van der Waals surface area contributed by atoms with Gasteiger partial charge in [0.25, 0.3) is 0 Å². The molecule has 0 bridgehead atoms. The second-order valence-corrected chi connectivity index (χ2v) is 8.54. The average molecular weight is 457 g/mol. The maximum absolute atomic E-state index is 14.7. The van der Waals surface area contributed by atoms with Crippen LogP contribution in [0, 0.1) is 11.6 Å². The molecule has 0 aromatic heterocycles. The molecule has 0 unspecified atom stereocenters. The molecule has 0 heterocycles. The van der Waals surface area contributed by atoms with Gasteiger partial charge in [-0.2, -0.15) is 4.39 Å². The summed E-state index contributed by atoms with van der Waals surface area (Å²) in [7, 11) is 0. The van der Waals surface area contributed by atoms with E-state index in [0.717, 1.165) is 36.8 Å². The van der Waals surface area contributed by atoms with E-state index in [1.165, 1.54) is 22.8 Å². The third-order valence-corrected chi connectivity index (χ3v) is 6.04. The second-order valence-electron chi connectivity index (χ2n) is 8.54. The zero-order valence-corrected chi connectivity index (χ0v) is 19.8. The molecular formula is C31H30F2O. The molecule has 0 aliphatic heterocycles. The number of halogens is 2. The highest BCUT2D eigenvalue weighted by Gasteiger charge is 2.16. The summed E-state index contributed by atoms with van der Waals surface area (Å²) >= 11 is 0. The van der Waals surface area contributed by atoms with E-state index in [0.29, 0.717) is 12.2 Å².